The van der Waals surface area contributed by atoms with E-state index in [2.05, 4.69) is 6.58 Å². The monoisotopic (exact) mass is 377 g/mol. The number of ether oxygens (including phenoxy) is 1. The number of esters is 1. The molecule has 0 bridgehead atoms. The second-order valence-electron chi connectivity index (χ2n) is 6.32. The Labute approximate surface area is 162 Å². The van der Waals surface area contributed by atoms with Crippen molar-refractivity contribution in [2.75, 3.05) is 13.2 Å². The maximum atomic E-state index is 12.3. The van der Waals surface area contributed by atoms with Gasteiger partial charge in [0, 0.05) is 12.1 Å². The summed E-state index contributed by atoms with van der Waals surface area (Å²) in [5.74, 6) is -1.96. The Morgan fingerprint density at radius 1 is 1.00 bits per heavy atom. The highest BCUT2D eigenvalue weighted by molar-refractivity contribution is 6.22. The van der Waals surface area contributed by atoms with E-state index in [4.69, 9.17) is 4.74 Å². The van der Waals surface area contributed by atoms with Crippen LogP contribution < -0.4 is 0 Å². The number of amides is 2. The van der Waals surface area contributed by atoms with E-state index < -0.39 is 24.4 Å². The van der Waals surface area contributed by atoms with Crippen LogP contribution in [0.3, 0.4) is 0 Å². The Morgan fingerprint density at radius 2 is 1.64 bits per heavy atom. The molecule has 28 heavy (non-hydrogen) atoms. The van der Waals surface area contributed by atoms with E-state index in [9.17, 15) is 19.2 Å². The fourth-order valence-electron chi connectivity index (χ4n) is 2.94. The molecule has 142 valence electrons. The molecule has 2 aromatic carbocycles. The van der Waals surface area contributed by atoms with Crippen molar-refractivity contribution >= 4 is 23.6 Å². The molecule has 6 heteroatoms. The second kappa shape index (κ2) is 8.00. The molecular weight excluding hydrogens is 358 g/mol. The number of ketones is 1. The molecule has 1 heterocycles. The van der Waals surface area contributed by atoms with Crippen molar-refractivity contribution < 1.29 is 23.9 Å². The van der Waals surface area contributed by atoms with Gasteiger partial charge < -0.3 is 4.74 Å². The molecule has 1 aliphatic rings. The van der Waals surface area contributed by atoms with Gasteiger partial charge in [0.2, 0.25) is 0 Å². The lowest BCUT2D eigenvalue weighted by atomic mass is 10.1. The summed E-state index contributed by atoms with van der Waals surface area (Å²) in [5, 5.41) is 0. The van der Waals surface area contributed by atoms with Gasteiger partial charge in [-0.15, -0.1) is 6.58 Å². The van der Waals surface area contributed by atoms with Crippen LogP contribution in [-0.2, 0) is 11.2 Å². The third-order valence-corrected chi connectivity index (χ3v) is 4.54. The van der Waals surface area contributed by atoms with E-state index in [1.54, 1.807) is 12.1 Å². The van der Waals surface area contributed by atoms with Crippen LogP contribution in [0, 0.1) is 0 Å². The molecule has 0 aromatic heterocycles. The number of Topliss-reactive ketones (excluding diaryl/α,β-unsaturated/α-hetero) is 1. The van der Waals surface area contributed by atoms with Gasteiger partial charge in [-0.25, -0.2) is 4.79 Å². The first-order chi connectivity index (χ1) is 13.5. The first-order valence-electron chi connectivity index (χ1n) is 8.86. The van der Waals surface area contributed by atoms with Gasteiger partial charge in [0.25, 0.3) is 11.8 Å². The smallest absolute Gasteiger partial charge is 0.338 e. The first-order valence-corrected chi connectivity index (χ1v) is 8.86. The van der Waals surface area contributed by atoms with Crippen LogP contribution in [0.25, 0.3) is 0 Å². The van der Waals surface area contributed by atoms with Crippen LogP contribution in [0.15, 0.2) is 55.1 Å². The SMILES string of the molecule is C=CCN1C(=O)c2ccc(C(=O)OCC(=O)c3ccc(CC)cc3)cc2C1=O. The normalized spacial score (nSPS) is 12.7. The predicted molar refractivity (Wildman–Crippen MR) is 102 cm³/mol. The molecule has 0 spiro atoms. The van der Waals surface area contributed by atoms with Gasteiger partial charge in [-0.2, -0.15) is 0 Å². The van der Waals surface area contributed by atoms with E-state index in [-0.39, 0.29) is 29.0 Å². The van der Waals surface area contributed by atoms with Crippen LogP contribution in [-0.4, -0.2) is 41.6 Å². The highest BCUT2D eigenvalue weighted by Crippen LogP contribution is 2.24. The minimum atomic E-state index is -0.733. The molecule has 0 N–H and O–H groups in total. The number of rotatable bonds is 7. The van der Waals surface area contributed by atoms with E-state index >= 15 is 0 Å². The lowest BCUT2D eigenvalue weighted by Gasteiger charge is -2.09. The van der Waals surface area contributed by atoms with Gasteiger partial charge in [0.05, 0.1) is 16.7 Å². The average Bonchev–Trinajstić information content (AvgIpc) is 2.96. The molecule has 0 atom stereocenters. The summed E-state index contributed by atoms with van der Waals surface area (Å²) >= 11 is 0. The maximum Gasteiger partial charge on any atom is 0.338 e. The lowest BCUT2D eigenvalue weighted by molar-refractivity contribution is 0.0474. The van der Waals surface area contributed by atoms with E-state index in [0.29, 0.717) is 5.56 Å². The highest BCUT2D eigenvalue weighted by Gasteiger charge is 2.35. The number of fused-ring (bicyclic) bond motifs is 1. The summed E-state index contributed by atoms with van der Waals surface area (Å²) < 4.78 is 5.08. The molecule has 0 saturated carbocycles. The molecule has 0 saturated heterocycles. The zero-order valence-corrected chi connectivity index (χ0v) is 15.4. The van der Waals surface area contributed by atoms with Crippen LogP contribution in [0.5, 0.6) is 0 Å². The summed E-state index contributed by atoms with van der Waals surface area (Å²) in [7, 11) is 0. The second-order valence-corrected chi connectivity index (χ2v) is 6.32. The summed E-state index contributed by atoms with van der Waals surface area (Å²) in [6.45, 7) is 5.23. The minimum Gasteiger partial charge on any atom is -0.454 e. The topological polar surface area (TPSA) is 80.8 Å². The van der Waals surface area contributed by atoms with Gasteiger partial charge >= 0.3 is 5.97 Å². The van der Waals surface area contributed by atoms with Crippen LogP contribution >= 0.6 is 0 Å². The number of hydrogen-bond acceptors (Lipinski definition) is 5. The summed E-state index contributed by atoms with van der Waals surface area (Å²) in [5.41, 5.74) is 2.05. The number of hydrogen-bond donors (Lipinski definition) is 0. The minimum absolute atomic E-state index is 0.0947. The van der Waals surface area contributed by atoms with Crippen molar-refractivity contribution in [1.29, 1.82) is 0 Å². The molecule has 1 aliphatic heterocycles. The molecule has 0 fully saturated rings. The summed E-state index contributed by atoms with van der Waals surface area (Å²) in [6, 6.07) is 11.2. The van der Waals surface area contributed by atoms with Crippen molar-refractivity contribution in [2.24, 2.45) is 0 Å². The quantitative estimate of drug-likeness (QED) is 0.321. The first kappa shape index (κ1) is 19.2. The third-order valence-electron chi connectivity index (χ3n) is 4.54. The number of benzene rings is 2. The molecule has 0 radical (unpaired) electrons. The number of carbonyl (C=O) groups is 4. The van der Waals surface area contributed by atoms with E-state index in [1.165, 1.54) is 24.3 Å². The number of aryl methyl sites for hydroxylation is 1. The van der Waals surface area contributed by atoms with E-state index in [1.807, 2.05) is 19.1 Å². The van der Waals surface area contributed by atoms with Gasteiger partial charge in [-0.05, 0) is 30.2 Å². The maximum absolute atomic E-state index is 12.3. The van der Waals surface area contributed by atoms with Crippen molar-refractivity contribution in [3.8, 4) is 0 Å². The Morgan fingerprint density at radius 3 is 2.29 bits per heavy atom. The Balaban J connectivity index is 1.69. The zero-order chi connectivity index (χ0) is 20.3. The van der Waals surface area contributed by atoms with Gasteiger partial charge in [0.1, 0.15) is 0 Å². The Bertz CT molecular complexity index is 975. The van der Waals surface area contributed by atoms with Crippen molar-refractivity contribution in [1.82, 2.24) is 4.90 Å². The third kappa shape index (κ3) is 3.62. The highest BCUT2D eigenvalue weighted by atomic mass is 16.5. The van der Waals surface area contributed by atoms with Crippen molar-refractivity contribution in [3.63, 3.8) is 0 Å². The number of nitrogens with zero attached hydrogens (tertiary/aromatic N) is 1. The Hall–Kier alpha value is -3.54. The largest absolute Gasteiger partial charge is 0.454 e. The molecular formula is C22H19NO5. The molecule has 2 aromatic rings. The molecule has 0 aliphatic carbocycles. The van der Waals surface area contributed by atoms with E-state index in [0.717, 1.165) is 16.9 Å². The fourth-order valence-corrected chi connectivity index (χ4v) is 2.94. The zero-order valence-electron chi connectivity index (χ0n) is 15.4. The van der Waals surface area contributed by atoms with Crippen LogP contribution in [0.2, 0.25) is 0 Å². The van der Waals surface area contributed by atoms with Crippen molar-refractivity contribution in [2.45, 2.75) is 13.3 Å². The fraction of sp³-hybridized carbons (Fsp3) is 0.182. The molecule has 3 rings (SSSR count). The predicted octanol–water partition coefficient (Wildman–Crippen LogP) is 3.07. The van der Waals surface area contributed by atoms with Gasteiger partial charge in [0.15, 0.2) is 12.4 Å². The van der Waals surface area contributed by atoms with Crippen LogP contribution in [0.4, 0.5) is 0 Å². The van der Waals surface area contributed by atoms with Gasteiger partial charge in [-0.3, -0.25) is 19.3 Å². The lowest BCUT2D eigenvalue weighted by Crippen LogP contribution is -2.29. The molecule has 0 unspecified atom stereocenters. The number of carbonyl (C=O) groups excluding carboxylic acids is 4. The Kier molecular flexibility index (Phi) is 5.49. The standard InChI is InChI=1S/C22H19NO5/c1-3-11-23-20(25)17-10-9-16(12-18(17)21(23)26)22(27)28-13-19(24)15-7-5-14(4-2)6-8-15/h3,5-10,12H,1,4,11,13H2,2H3. The summed E-state index contributed by atoms with van der Waals surface area (Å²) in [6.07, 6.45) is 2.32. The van der Waals surface area contributed by atoms with Crippen LogP contribution in [0.1, 0.15) is 53.9 Å². The number of imide groups is 1. The molecule has 2 amide bonds. The average molecular weight is 377 g/mol. The van der Waals surface area contributed by atoms with Crippen molar-refractivity contribution in [3.05, 3.63) is 82.9 Å². The summed E-state index contributed by atoms with van der Waals surface area (Å²) in [4.78, 5) is 50.0. The van der Waals surface area contributed by atoms with Gasteiger partial charge in [-0.1, -0.05) is 37.3 Å². The molecule has 6 nitrogen and oxygen atoms in total.